The Kier molecular flexibility index (Phi) is 5.86. The summed E-state index contributed by atoms with van der Waals surface area (Å²) in [5.41, 5.74) is 4.98. The molecule has 1 N–H and O–H groups in total. The van der Waals surface area contributed by atoms with Crippen molar-refractivity contribution in [2.24, 2.45) is 0 Å². The highest BCUT2D eigenvalue weighted by Gasteiger charge is 2.41. The molecule has 1 saturated heterocycles. The van der Waals surface area contributed by atoms with Crippen molar-refractivity contribution in [3.05, 3.63) is 53.1 Å². The van der Waals surface area contributed by atoms with Gasteiger partial charge in [-0.25, -0.2) is 0 Å². The molecular formula is C21H31N5S. The summed E-state index contributed by atoms with van der Waals surface area (Å²) in [6.45, 7) is 10.7. The fourth-order valence-corrected chi connectivity index (χ4v) is 4.52. The summed E-state index contributed by atoms with van der Waals surface area (Å²) < 4.78 is 2.41. The fourth-order valence-electron chi connectivity index (χ4n) is 4.19. The van der Waals surface area contributed by atoms with Crippen LogP contribution in [0.5, 0.6) is 0 Å². The molecule has 2 aromatic heterocycles. The van der Waals surface area contributed by atoms with Gasteiger partial charge in [-0.15, -0.1) is 0 Å². The molecule has 0 spiro atoms. The third-order valence-corrected chi connectivity index (χ3v) is 5.70. The van der Waals surface area contributed by atoms with E-state index >= 15 is 0 Å². The highest BCUT2D eigenvalue weighted by molar-refractivity contribution is 7.80. The molecule has 6 heteroatoms. The lowest BCUT2D eigenvalue weighted by molar-refractivity contribution is 0.276. The molecule has 2 aromatic rings. The lowest BCUT2D eigenvalue weighted by Crippen LogP contribution is -2.35. The molecule has 27 heavy (non-hydrogen) atoms. The monoisotopic (exact) mass is 385 g/mol. The molecule has 0 bridgehead atoms. The number of hydrogen-bond donors (Lipinski definition) is 1. The van der Waals surface area contributed by atoms with E-state index < -0.39 is 0 Å². The van der Waals surface area contributed by atoms with E-state index in [9.17, 15) is 0 Å². The van der Waals surface area contributed by atoms with Crippen LogP contribution >= 0.6 is 12.2 Å². The first-order valence-electron chi connectivity index (χ1n) is 9.62. The van der Waals surface area contributed by atoms with Crippen LogP contribution in [0.3, 0.4) is 0 Å². The first kappa shape index (κ1) is 19.8. The fraction of sp³-hybridized carbons (Fsp3) is 0.524. The van der Waals surface area contributed by atoms with E-state index in [1.807, 2.05) is 18.3 Å². The van der Waals surface area contributed by atoms with Gasteiger partial charge in [-0.1, -0.05) is 6.07 Å². The maximum Gasteiger partial charge on any atom is 0.170 e. The van der Waals surface area contributed by atoms with Gasteiger partial charge >= 0.3 is 0 Å². The van der Waals surface area contributed by atoms with Crippen LogP contribution in [0.25, 0.3) is 0 Å². The maximum atomic E-state index is 5.74. The van der Waals surface area contributed by atoms with Crippen molar-refractivity contribution in [1.82, 2.24) is 24.7 Å². The van der Waals surface area contributed by atoms with Gasteiger partial charge in [-0.05, 0) is 77.8 Å². The molecule has 1 aliphatic heterocycles. The Bertz CT molecular complexity index is 796. The summed E-state index contributed by atoms with van der Waals surface area (Å²) in [7, 11) is 4.20. The Morgan fingerprint density at radius 1 is 1.26 bits per heavy atom. The molecule has 0 unspecified atom stereocenters. The largest absolute Gasteiger partial charge is 0.352 e. The number of nitrogens with zero attached hydrogens (tertiary/aromatic N) is 4. The molecule has 0 saturated carbocycles. The number of pyridine rings is 1. The molecule has 0 aromatic carbocycles. The Morgan fingerprint density at radius 3 is 2.56 bits per heavy atom. The predicted octanol–water partition coefficient (Wildman–Crippen LogP) is 3.61. The lowest BCUT2D eigenvalue weighted by atomic mass is 9.96. The molecule has 3 heterocycles. The van der Waals surface area contributed by atoms with E-state index in [1.54, 1.807) is 0 Å². The summed E-state index contributed by atoms with van der Waals surface area (Å²) in [5.74, 6) is 0. The molecule has 0 amide bonds. The molecule has 146 valence electrons. The van der Waals surface area contributed by atoms with Crippen molar-refractivity contribution < 1.29 is 0 Å². The summed E-state index contributed by atoms with van der Waals surface area (Å²) in [6.07, 6.45) is 1.86. The van der Waals surface area contributed by atoms with Crippen LogP contribution in [0.4, 0.5) is 0 Å². The molecule has 0 radical (unpaired) electrons. The number of aromatic nitrogens is 2. The van der Waals surface area contributed by atoms with Crippen LogP contribution in [0, 0.1) is 13.8 Å². The zero-order valence-electron chi connectivity index (χ0n) is 17.2. The minimum atomic E-state index is 0.0574. The zero-order chi connectivity index (χ0) is 19.7. The molecule has 0 aliphatic carbocycles. The molecule has 2 atom stereocenters. The van der Waals surface area contributed by atoms with Gasteiger partial charge in [0.2, 0.25) is 0 Å². The summed E-state index contributed by atoms with van der Waals surface area (Å²) >= 11 is 5.74. The van der Waals surface area contributed by atoms with Gasteiger partial charge in [0.25, 0.3) is 0 Å². The zero-order valence-corrected chi connectivity index (χ0v) is 18.0. The van der Waals surface area contributed by atoms with Gasteiger partial charge < -0.3 is 19.7 Å². The van der Waals surface area contributed by atoms with Gasteiger partial charge in [0.05, 0.1) is 17.8 Å². The van der Waals surface area contributed by atoms with Crippen molar-refractivity contribution >= 4 is 17.3 Å². The number of rotatable bonds is 6. The summed E-state index contributed by atoms with van der Waals surface area (Å²) in [4.78, 5) is 9.16. The van der Waals surface area contributed by atoms with Crippen molar-refractivity contribution in [2.75, 3.05) is 27.2 Å². The van der Waals surface area contributed by atoms with E-state index in [0.29, 0.717) is 6.04 Å². The van der Waals surface area contributed by atoms with Crippen molar-refractivity contribution in [3.63, 3.8) is 0 Å². The number of likely N-dealkylation sites (N-methyl/N-ethyl adjacent to an activating group) is 1. The minimum absolute atomic E-state index is 0.0574. The highest BCUT2D eigenvalue weighted by Crippen LogP contribution is 2.41. The second-order valence-electron chi connectivity index (χ2n) is 7.91. The first-order valence-corrected chi connectivity index (χ1v) is 10.0. The van der Waals surface area contributed by atoms with Crippen LogP contribution in [0.2, 0.25) is 0 Å². The smallest absolute Gasteiger partial charge is 0.170 e. The van der Waals surface area contributed by atoms with Crippen LogP contribution in [0.1, 0.15) is 54.6 Å². The van der Waals surface area contributed by atoms with Gasteiger partial charge in [-0.2, -0.15) is 0 Å². The topological polar surface area (TPSA) is 36.3 Å². The molecule has 5 nitrogen and oxygen atoms in total. The number of hydrogen-bond acceptors (Lipinski definition) is 3. The van der Waals surface area contributed by atoms with Crippen LogP contribution in [-0.2, 0) is 0 Å². The van der Waals surface area contributed by atoms with Gasteiger partial charge in [0.15, 0.2) is 5.11 Å². The second kappa shape index (κ2) is 7.98. The van der Waals surface area contributed by atoms with Crippen molar-refractivity contribution in [1.29, 1.82) is 0 Å². The van der Waals surface area contributed by atoms with Gasteiger partial charge in [0.1, 0.15) is 0 Å². The normalized spacial score (nSPS) is 20.0. The van der Waals surface area contributed by atoms with Gasteiger partial charge in [0, 0.05) is 36.7 Å². The minimum Gasteiger partial charge on any atom is -0.352 e. The summed E-state index contributed by atoms with van der Waals surface area (Å²) in [5, 5.41) is 4.36. The lowest BCUT2D eigenvalue weighted by Gasteiger charge is -2.29. The quantitative estimate of drug-likeness (QED) is 0.769. The standard InChI is InChI=1S/C21H31N5S/c1-14(2)26-15(3)13-17(16(26)4)20-19(18-9-7-8-10-22-18)23-21(27)25(20)12-11-24(5)6/h7-10,13-14,19-20H,11-12H2,1-6H3,(H,23,27)/t19-,20-/m0/s1. The predicted molar refractivity (Wildman–Crippen MR) is 115 cm³/mol. The third-order valence-electron chi connectivity index (χ3n) is 5.34. The average Bonchev–Trinajstić information content (AvgIpc) is 3.09. The SMILES string of the molecule is Cc1cc([C@H]2[C@H](c3ccccn3)NC(=S)N2CCN(C)C)c(C)n1C(C)C. The van der Waals surface area contributed by atoms with E-state index in [4.69, 9.17) is 12.2 Å². The van der Waals surface area contributed by atoms with E-state index in [-0.39, 0.29) is 12.1 Å². The summed E-state index contributed by atoms with van der Waals surface area (Å²) in [6, 6.07) is 9.06. The van der Waals surface area contributed by atoms with Crippen LogP contribution < -0.4 is 5.32 Å². The Morgan fingerprint density at radius 2 is 2.00 bits per heavy atom. The average molecular weight is 386 g/mol. The Balaban J connectivity index is 2.06. The highest BCUT2D eigenvalue weighted by atomic mass is 32.1. The first-order chi connectivity index (χ1) is 12.8. The number of thiocarbonyl (C=S) groups is 1. The molecule has 1 fully saturated rings. The van der Waals surface area contributed by atoms with E-state index in [2.05, 4.69) is 78.6 Å². The van der Waals surface area contributed by atoms with Crippen LogP contribution in [0.15, 0.2) is 30.5 Å². The molecule has 3 rings (SSSR count). The molecule has 1 aliphatic rings. The van der Waals surface area contributed by atoms with Gasteiger partial charge in [-0.3, -0.25) is 4.98 Å². The van der Waals surface area contributed by atoms with E-state index in [0.717, 1.165) is 23.9 Å². The maximum absolute atomic E-state index is 5.74. The van der Waals surface area contributed by atoms with E-state index in [1.165, 1.54) is 17.0 Å². The number of aryl methyl sites for hydroxylation is 1. The Hall–Kier alpha value is -1.92. The third kappa shape index (κ3) is 3.87. The second-order valence-corrected chi connectivity index (χ2v) is 8.30. The number of nitrogens with one attached hydrogen (secondary N) is 1. The van der Waals surface area contributed by atoms with Crippen molar-refractivity contribution in [3.8, 4) is 0 Å². The molecular weight excluding hydrogens is 354 g/mol. The van der Waals surface area contributed by atoms with Crippen LogP contribution in [-0.4, -0.2) is 51.6 Å². The van der Waals surface area contributed by atoms with Crippen molar-refractivity contribution in [2.45, 2.75) is 45.8 Å². The Labute approximate surface area is 168 Å².